The first-order chi connectivity index (χ1) is 8.66. The molecule has 0 saturated heterocycles. The van der Waals surface area contributed by atoms with Gasteiger partial charge in [-0.2, -0.15) is 0 Å². The van der Waals surface area contributed by atoms with Crippen molar-refractivity contribution in [3.8, 4) is 0 Å². The van der Waals surface area contributed by atoms with Gasteiger partial charge in [-0.15, -0.1) is 0 Å². The Labute approximate surface area is 386 Å². The average molecular weight is 606 g/mol. The van der Waals surface area contributed by atoms with Gasteiger partial charge in [-0.05, 0) is 0 Å². The fraction of sp³-hybridized carbons (Fsp3) is 0. The van der Waals surface area contributed by atoms with Gasteiger partial charge in [0.15, 0.2) is 0 Å². The van der Waals surface area contributed by atoms with Crippen molar-refractivity contribution in [2.45, 2.75) is 0 Å². The second-order valence-corrected chi connectivity index (χ2v) is 4.24. The Balaban J connectivity index is -0.00000000315. The summed E-state index contributed by atoms with van der Waals surface area (Å²) in [4.78, 5) is 71.6. The second-order valence-electron chi connectivity index (χ2n) is 1.41. The van der Waals surface area contributed by atoms with Gasteiger partial charge in [0.25, 0.3) is 0 Å². The van der Waals surface area contributed by atoms with Crippen LogP contribution in [0.15, 0.2) is 0 Å². The van der Waals surface area contributed by atoms with E-state index >= 15 is 0 Å². The molecule has 0 atom stereocenters. The minimum Gasteiger partial charge on any atom is -1.00 e. The predicted molar refractivity (Wildman–Crippen MR) is 64.4 cm³/mol. The number of hydrogen-bond donors (Lipinski definition) is 10. The van der Waals surface area contributed by atoms with Crippen molar-refractivity contribution >= 4 is 45.9 Å². The molecule has 0 heterocycles. The summed E-state index contributed by atoms with van der Waals surface area (Å²) in [6.45, 7) is 0. The molecular formula is H19Na9O15Si5. The summed E-state index contributed by atoms with van der Waals surface area (Å²) in [7, 11) is -15.6. The van der Waals surface area contributed by atoms with Gasteiger partial charge in [0.2, 0.25) is 0 Å². The molecule has 10 N–H and O–H groups in total. The normalized spacial score (nSPS) is 4.14. The van der Waals surface area contributed by atoms with Crippen LogP contribution in [0.3, 0.4) is 0 Å². The molecule has 0 aromatic carbocycles. The number of rotatable bonds is 0. The zero-order chi connectivity index (χ0) is 17.9. The monoisotopic (exact) mass is 606 g/mol. The zero-order valence-electron chi connectivity index (χ0n) is 27.0. The first-order valence-corrected chi connectivity index (χ1v) is 9.77. The van der Waals surface area contributed by atoms with Crippen LogP contribution >= 0.6 is 0 Å². The van der Waals surface area contributed by atoms with Crippen LogP contribution in [-0.4, -0.2) is 93.8 Å². The van der Waals surface area contributed by atoms with Crippen LogP contribution in [-0.2, 0) is 22.3 Å². The van der Waals surface area contributed by atoms with Gasteiger partial charge in [-0.3, -0.25) is 22.3 Å². The van der Waals surface area contributed by atoms with Gasteiger partial charge in [-0.25, -0.2) is 0 Å². The fourth-order valence-electron chi connectivity index (χ4n) is 0. The molecule has 0 aliphatic heterocycles. The first-order valence-electron chi connectivity index (χ1n) is 3.26. The minimum absolute atomic E-state index is 0. The van der Waals surface area contributed by atoms with Gasteiger partial charge in [0.05, 0.1) is 0 Å². The maximum Gasteiger partial charge on any atom is 1.00 e. The van der Waals surface area contributed by atoms with E-state index in [1.807, 2.05) is 0 Å². The maximum atomic E-state index is 8.74. The molecule has 0 fully saturated rings. The van der Waals surface area contributed by atoms with Crippen molar-refractivity contribution in [3.63, 3.8) is 0 Å². The molecule has 0 aromatic rings. The molecule has 0 aromatic heterocycles. The molecule has 0 radical (unpaired) electrons. The van der Waals surface area contributed by atoms with E-state index in [1.165, 1.54) is 0 Å². The Bertz CT molecular complexity index is 257. The summed E-state index contributed by atoms with van der Waals surface area (Å²) in [6.07, 6.45) is 0. The fourth-order valence-corrected chi connectivity index (χ4v) is 0. The Morgan fingerprint density at radius 2 is 0.276 bits per heavy atom. The van der Waals surface area contributed by atoms with E-state index in [9.17, 15) is 0 Å². The van der Waals surface area contributed by atoms with Gasteiger partial charge in [0.1, 0.15) is 0 Å². The molecule has 0 aliphatic carbocycles. The van der Waals surface area contributed by atoms with Crippen molar-refractivity contribution in [3.05, 3.63) is 0 Å². The molecule has 0 saturated carbocycles. The molecule has 0 spiro atoms. The molecule has 29 heavy (non-hydrogen) atoms. The third kappa shape index (κ3) is 765. The minimum atomic E-state index is -3.13. The molecule has 0 amide bonds. The predicted octanol–water partition coefficient (Wildman–Crippen LogP) is -34.0. The van der Waals surface area contributed by atoms with Crippen LogP contribution in [0.5, 0.6) is 0 Å². The van der Waals surface area contributed by atoms with Crippen LogP contribution in [0, 0.1) is 0 Å². The van der Waals surface area contributed by atoms with Gasteiger partial charge < -0.3 is 60.8 Å². The van der Waals surface area contributed by atoms with Crippen molar-refractivity contribution in [1.82, 2.24) is 0 Å². The van der Waals surface area contributed by atoms with Crippen LogP contribution < -0.4 is 266 Å². The van der Waals surface area contributed by atoms with Crippen LogP contribution in [0.25, 0.3) is 0 Å². The Morgan fingerprint density at radius 3 is 0.276 bits per heavy atom. The third-order valence-corrected chi connectivity index (χ3v) is 0. The third-order valence-electron chi connectivity index (χ3n) is 0. The Hall–Kier alpha value is 7.08. The van der Waals surface area contributed by atoms with E-state index in [-0.39, 0.29) is 279 Å². The van der Waals surface area contributed by atoms with E-state index in [4.69, 9.17) is 70.3 Å². The zero-order valence-corrected chi connectivity index (χ0v) is 41.0. The summed E-state index contributed by atoms with van der Waals surface area (Å²) in [6, 6.07) is 0. The first kappa shape index (κ1) is 91.1. The van der Waals surface area contributed by atoms with E-state index < -0.39 is 45.9 Å². The summed E-state index contributed by atoms with van der Waals surface area (Å²) < 4.78 is 43.7. The summed E-state index contributed by atoms with van der Waals surface area (Å²) in [5.74, 6) is 0. The van der Waals surface area contributed by atoms with E-state index in [0.29, 0.717) is 0 Å². The van der Waals surface area contributed by atoms with Crippen LogP contribution in [0.4, 0.5) is 0 Å². The Morgan fingerprint density at radius 1 is 0.276 bits per heavy atom. The quantitative estimate of drug-likeness (QED) is 0.115. The molecule has 0 bridgehead atoms. The second kappa shape index (κ2) is 83.6. The van der Waals surface area contributed by atoms with Crippen molar-refractivity contribution < 1.29 is 349 Å². The summed E-state index contributed by atoms with van der Waals surface area (Å²) in [5.41, 5.74) is 0. The molecule has 0 rings (SSSR count). The SMILES string of the molecule is O=[Si](O)O.O=[Si](O)O.O=[Si](O)O.O=[Si](O)O.O=[Si](O)O.[H-].[H-].[H-].[H-].[H-].[H-].[H-].[H-].[H-].[Na+].[Na+].[Na+].[Na+].[Na+].[Na+].[Na+].[Na+].[Na+]. The standard InChI is InChI=1S/9Na.5H2O3Si.9H/c;;;;;;;;;5*1-4(2)3;;;;;;;;;/h;;;;;;;;;5*1-2H;;;;;;;;;/q9*+1;;;;;;9*-1. The van der Waals surface area contributed by atoms with Crippen LogP contribution in [0.1, 0.15) is 12.8 Å². The molecule has 29 heteroatoms. The number of hydrogen-bond acceptors (Lipinski definition) is 5. The van der Waals surface area contributed by atoms with Crippen LogP contribution in [0.2, 0.25) is 0 Å². The van der Waals surface area contributed by atoms with Crippen molar-refractivity contribution in [1.29, 1.82) is 0 Å². The van der Waals surface area contributed by atoms with E-state index in [1.54, 1.807) is 0 Å². The van der Waals surface area contributed by atoms with Gasteiger partial charge in [0, 0.05) is 0 Å². The Kier molecular flexibility index (Phi) is 262. The summed E-state index contributed by atoms with van der Waals surface area (Å²) >= 11 is 0. The van der Waals surface area contributed by atoms with Crippen molar-refractivity contribution in [2.75, 3.05) is 0 Å². The van der Waals surface area contributed by atoms with Gasteiger partial charge in [-0.1, -0.05) is 0 Å². The van der Waals surface area contributed by atoms with E-state index in [2.05, 4.69) is 0 Å². The molecular weight excluding hydrogens is 587 g/mol. The molecule has 0 unspecified atom stereocenters. The van der Waals surface area contributed by atoms with E-state index in [0.717, 1.165) is 0 Å². The smallest absolute Gasteiger partial charge is 1.00 e. The largest absolute Gasteiger partial charge is 1.00 e. The molecule has 0 aliphatic rings. The summed E-state index contributed by atoms with van der Waals surface area (Å²) in [5, 5.41) is 0. The molecule has 138 valence electrons. The maximum absolute atomic E-state index is 8.74. The topological polar surface area (TPSA) is 288 Å². The average Bonchev–Trinajstić information content (AvgIpc) is 1.94. The molecule has 15 nitrogen and oxygen atoms in total. The van der Waals surface area contributed by atoms with Gasteiger partial charge >= 0.3 is 312 Å². The van der Waals surface area contributed by atoms with Crippen molar-refractivity contribution in [2.24, 2.45) is 0 Å².